The summed E-state index contributed by atoms with van der Waals surface area (Å²) in [7, 11) is 0. The number of carboxylic acids is 1. The monoisotopic (exact) mass is 235 g/mol. The zero-order valence-corrected chi connectivity index (χ0v) is 10.1. The number of anilines is 1. The topological polar surface area (TPSA) is 66.4 Å². The zero-order chi connectivity index (χ0) is 12.8. The van der Waals surface area contributed by atoms with Gasteiger partial charge in [-0.25, -0.2) is 0 Å². The first-order valence-corrected chi connectivity index (χ1v) is 5.64. The van der Waals surface area contributed by atoms with E-state index in [0.717, 1.165) is 12.2 Å². The van der Waals surface area contributed by atoms with Crippen molar-refractivity contribution in [2.24, 2.45) is 5.92 Å². The zero-order valence-electron chi connectivity index (χ0n) is 10.1. The number of carboxylic acid groups (broad SMARTS) is 1. The Bertz CT molecular complexity index is 398. The number of carbonyl (C=O) groups excluding carboxylic acids is 1. The highest BCUT2D eigenvalue weighted by atomic mass is 16.4. The molecule has 1 aromatic carbocycles. The number of aliphatic carboxylic acids is 1. The molecule has 0 spiro atoms. The van der Waals surface area contributed by atoms with Gasteiger partial charge in [-0.2, -0.15) is 0 Å². The van der Waals surface area contributed by atoms with Crippen LogP contribution in [0.4, 0.5) is 5.69 Å². The van der Waals surface area contributed by atoms with Crippen molar-refractivity contribution in [3.05, 3.63) is 29.8 Å². The Morgan fingerprint density at radius 3 is 2.35 bits per heavy atom. The van der Waals surface area contributed by atoms with Gasteiger partial charge in [-0.15, -0.1) is 0 Å². The molecule has 0 bridgehead atoms. The highest BCUT2D eigenvalue weighted by molar-refractivity contribution is 5.99. The Hall–Kier alpha value is -1.84. The fraction of sp³-hybridized carbons (Fsp3) is 0.385. The Labute approximate surface area is 101 Å². The number of Topliss-reactive ketones (excluding diaryl/α,β-unsaturated/α-hetero) is 1. The number of nitrogens with one attached hydrogen (secondary N) is 1. The van der Waals surface area contributed by atoms with E-state index in [-0.39, 0.29) is 12.2 Å². The van der Waals surface area contributed by atoms with E-state index < -0.39 is 11.9 Å². The molecule has 0 aromatic heterocycles. The number of benzene rings is 1. The van der Waals surface area contributed by atoms with Crippen molar-refractivity contribution in [3.63, 3.8) is 0 Å². The van der Waals surface area contributed by atoms with Crippen LogP contribution in [-0.4, -0.2) is 23.4 Å². The molecule has 0 fully saturated rings. The molecular formula is C13H17NO3. The molecule has 0 saturated carbocycles. The minimum absolute atomic E-state index is 0.129. The number of rotatable bonds is 6. The molecule has 1 aromatic rings. The number of carbonyl (C=O) groups is 2. The maximum atomic E-state index is 11.9. The Balaban J connectivity index is 2.72. The predicted octanol–water partition coefficient (Wildman–Crippen LogP) is 2.41. The molecule has 0 radical (unpaired) electrons. The van der Waals surface area contributed by atoms with E-state index in [9.17, 15) is 9.59 Å². The first-order valence-electron chi connectivity index (χ1n) is 5.64. The SMILES string of the molecule is CCNc1ccc(C(=O)[C@@H](C)CC(=O)O)cc1. The van der Waals surface area contributed by atoms with Gasteiger partial charge in [0.1, 0.15) is 0 Å². The first kappa shape index (κ1) is 13.2. The molecule has 0 aliphatic carbocycles. The molecule has 0 aliphatic rings. The van der Waals surface area contributed by atoms with Crippen LogP contribution >= 0.6 is 0 Å². The van der Waals surface area contributed by atoms with Gasteiger partial charge in [0.25, 0.3) is 0 Å². The molecule has 92 valence electrons. The van der Waals surface area contributed by atoms with Gasteiger partial charge in [-0.1, -0.05) is 6.92 Å². The lowest BCUT2D eigenvalue weighted by molar-refractivity contribution is -0.137. The van der Waals surface area contributed by atoms with Crippen LogP contribution < -0.4 is 5.32 Å². The second-order valence-corrected chi connectivity index (χ2v) is 3.97. The van der Waals surface area contributed by atoms with E-state index in [4.69, 9.17) is 5.11 Å². The van der Waals surface area contributed by atoms with Crippen molar-refractivity contribution in [2.75, 3.05) is 11.9 Å². The minimum Gasteiger partial charge on any atom is -0.481 e. The quantitative estimate of drug-likeness (QED) is 0.743. The molecule has 1 atom stereocenters. The number of ketones is 1. The van der Waals surface area contributed by atoms with Crippen LogP contribution in [0.3, 0.4) is 0 Å². The fourth-order valence-corrected chi connectivity index (χ4v) is 1.60. The third-order valence-electron chi connectivity index (χ3n) is 2.48. The van der Waals surface area contributed by atoms with Crippen LogP contribution in [0.5, 0.6) is 0 Å². The van der Waals surface area contributed by atoms with Crippen LogP contribution in [0.1, 0.15) is 30.6 Å². The van der Waals surface area contributed by atoms with E-state index in [0.29, 0.717) is 5.56 Å². The Kier molecular flexibility index (Phi) is 4.69. The van der Waals surface area contributed by atoms with Gasteiger partial charge in [0, 0.05) is 23.7 Å². The largest absolute Gasteiger partial charge is 0.481 e. The lowest BCUT2D eigenvalue weighted by Crippen LogP contribution is -2.15. The summed E-state index contributed by atoms with van der Waals surface area (Å²) in [6.07, 6.45) is -0.131. The highest BCUT2D eigenvalue weighted by Crippen LogP contribution is 2.15. The van der Waals surface area contributed by atoms with Gasteiger partial charge < -0.3 is 10.4 Å². The molecule has 0 aliphatic heterocycles. The summed E-state index contributed by atoms with van der Waals surface area (Å²) >= 11 is 0. The molecule has 0 heterocycles. The third kappa shape index (κ3) is 3.90. The normalized spacial score (nSPS) is 11.9. The molecule has 0 saturated heterocycles. The van der Waals surface area contributed by atoms with Crippen molar-refractivity contribution in [3.8, 4) is 0 Å². The predicted molar refractivity (Wildman–Crippen MR) is 66.4 cm³/mol. The van der Waals surface area contributed by atoms with Crippen LogP contribution in [0, 0.1) is 5.92 Å². The van der Waals surface area contributed by atoms with Crippen molar-refractivity contribution in [2.45, 2.75) is 20.3 Å². The average Bonchev–Trinajstić information content (AvgIpc) is 2.28. The summed E-state index contributed by atoms with van der Waals surface area (Å²) in [4.78, 5) is 22.4. The van der Waals surface area contributed by atoms with Crippen molar-refractivity contribution < 1.29 is 14.7 Å². The van der Waals surface area contributed by atoms with Crippen molar-refractivity contribution in [1.82, 2.24) is 0 Å². The van der Waals surface area contributed by atoms with E-state index in [1.165, 1.54) is 0 Å². The van der Waals surface area contributed by atoms with Crippen LogP contribution in [0.2, 0.25) is 0 Å². The summed E-state index contributed by atoms with van der Waals surface area (Å²) in [6, 6.07) is 7.09. The van der Waals surface area contributed by atoms with E-state index in [1.54, 1.807) is 19.1 Å². The maximum absolute atomic E-state index is 11.9. The molecule has 4 heteroatoms. The summed E-state index contributed by atoms with van der Waals surface area (Å²) in [5.74, 6) is -1.57. The smallest absolute Gasteiger partial charge is 0.304 e. The second kappa shape index (κ2) is 6.03. The summed E-state index contributed by atoms with van der Waals surface area (Å²) in [5, 5.41) is 11.8. The summed E-state index contributed by atoms with van der Waals surface area (Å²) in [6.45, 7) is 4.45. The minimum atomic E-state index is -0.949. The van der Waals surface area contributed by atoms with Gasteiger partial charge >= 0.3 is 5.97 Å². The van der Waals surface area contributed by atoms with E-state index in [2.05, 4.69) is 5.32 Å². The fourth-order valence-electron chi connectivity index (χ4n) is 1.60. The van der Waals surface area contributed by atoms with Crippen molar-refractivity contribution in [1.29, 1.82) is 0 Å². The lowest BCUT2D eigenvalue weighted by atomic mass is 9.96. The van der Waals surface area contributed by atoms with Gasteiger partial charge in [0.2, 0.25) is 0 Å². The van der Waals surface area contributed by atoms with Gasteiger partial charge in [-0.05, 0) is 31.2 Å². The highest BCUT2D eigenvalue weighted by Gasteiger charge is 2.17. The summed E-state index contributed by atoms with van der Waals surface area (Å²) < 4.78 is 0. The Morgan fingerprint density at radius 2 is 1.88 bits per heavy atom. The molecule has 2 N–H and O–H groups in total. The van der Waals surface area contributed by atoms with Crippen LogP contribution in [0.15, 0.2) is 24.3 Å². The standard InChI is InChI=1S/C13H17NO3/c1-3-14-11-6-4-10(5-7-11)13(17)9(2)8-12(15)16/h4-7,9,14H,3,8H2,1-2H3,(H,15,16)/t9-/m0/s1. The third-order valence-corrected chi connectivity index (χ3v) is 2.48. The van der Waals surface area contributed by atoms with E-state index >= 15 is 0 Å². The van der Waals surface area contributed by atoms with Crippen LogP contribution in [0.25, 0.3) is 0 Å². The second-order valence-electron chi connectivity index (χ2n) is 3.97. The van der Waals surface area contributed by atoms with Gasteiger partial charge in [0.05, 0.1) is 6.42 Å². The molecule has 0 amide bonds. The van der Waals surface area contributed by atoms with Crippen molar-refractivity contribution >= 4 is 17.4 Å². The first-order chi connectivity index (χ1) is 8.04. The lowest BCUT2D eigenvalue weighted by Gasteiger charge is -2.08. The molecule has 17 heavy (non-hydrogen) atoms. The van der Waals surface area contributed by atoms with E-state index in [1.807, 2.05) is 19.1 Å². The Morgan fingerprint density at radius 1 is 1.29 bits per heavy atom. The van der Waals surface area contributed by atoms with Gasteiger partial charge in [-0.3, -0.25) is 9.59 Å². The molecule has 1 rings (SSSR count). The summed E-state index contributed by atoms with van der Waals surface area (Å²) in [5.41, 5.74) is 1.51. The van der Waals surface area contributed by atoms with Gasteiger partial charge in [0.15, 0.2) is 5.78 Å². The maximum Gasteiger partial charge on any atom is 0.304 e. The molecular weight excluding hydrogens is 218 g/mol. The number of hydrogen-bond acceptors (Lipinski definition) is 3. The molecule has 0 unspecified atom stereocenters. The van der Waals surface area contributed by atoms with Crippen LogP contribution in [-0.2, 0) is 4.79 Å². The average molecular weight is 235 g/mol. The molecule has 4 nitrogen and oxygen atoms in total. The number of hydrogen-bond donors (Lipinski definition) is 2.